The van der Waals surface area contributed by atoms with Crippen LogP contribution in [0.4, 0.5) is 4.39 Å². The fourth-order valence-corrected chi connectivity index (χ4v) is 1.39. The zero-order valence-electron chi connectivity index (χ0n) is 9.92. The third kappa shape index (κ3) is 3.18. The lowest BCUT2D eigenvalue weighted by atomic mass is 10.1. The fraction of sp³-hybridized carbons (Fsp3) is 0.500. The van der Waals surface area contributed by atoms with Crippen molar-refractivity contribution in [2.75, 3.05) is 20.3 Å². The number of hydrogen-bond acceptors (Lipinski definition) is 3. The maximum Gasteiger partial charge on any atom is 0.126 e. The smallest absolute Gasteiger partial charge is 0.126 e. The Morgan fingerprint density at radius 1 is 1.38 bits per heavy atom. The van der Waals surface area contributed by atoms with Crippen LogP contribution in [0.3, 0.4) is 0 Å². The van der Waals surface area contributed by atoms with E-state index in [4.69, 9.17) is 15.2 Å². The van der Waals surface area contributed by atoms with Gasteiger partial charge >= 0.3 is 0 Å². The lowest BCUT2D eigenvalue weighted by molar-refractivity contribution is 0.145. The number of hydrogen-bond donors (Lipinski definition) is 1. The minimum Gasteiger partial charge on any atom is -0.491 e. The van der Waals surface area contributed by atoms with E-state index in [9.17, 15) is 4.39 Å². The number of ether oxygens (including phenoxy) is 2. The quantitative estimate of drug-likeness (QED) is 0.784. The van der Waals surface area contributed by atoms with Crippen molar-refractivity contribution in [2.45, 2.75) is 19.9 Å². The van der Waals surface area contributed by atoms with Gasteiger partial charge < -0.3 is 15.2 Å². The van der Waals surface area contributed by atoms with Crippen LogP contribution in [0.1, 0.15) is 24.1 Å². The summed E-state index contributed by atoms with van der Waals surface area (Å²) in [6.07, 6.45) is 0. The molecule has 0 saturated carbocycles. The number of rotatable bonds is 5. The molecule has 0 aliphatic rings. The fourth-order valence-electron chi connectivity index (χ4n) is 1.39. The second-order valence-corrected chi connectivity index (χ2v) is 3.77. The van der Waals surface area contributed by atoms with Crippen LogP contribution in [0.5, 0.6) is 5.75 Å². The third-order valence-electron chi connectivity index (χ3n) is 2.33. The minimum absolute atomic E-state index is 0.257. The number of halogens is 1. The highest BCUT2D eigenvalue weighted by Crippen LogP contribution is 2.27. The third-order valence-corrected chi connectivity index (χ3v) is 2.33. The Bertz CT molecular complexity index is 353. The van der Waals surface area contributed by atoms with E-state index in [-0.39, 0.29) is 11.9 Å². The first-order valence-electron chi connectivity index (χ1n) is 5.23. The molecule has 0 aliphatic carbocycles. The average Bonchev–Trinajstić information content (AvgIpc) is 2.23. The zero-order valence-corrected chi connectivity index (χ0v) is 9.92. The SMILES string of the molecule is COCCOc1cc(C)c(F)cc1C(C)N. The summed E-state index contributed by atoms with van der Waals surface area (Å²) in [5.41, 5.74) is 6.99. The molecule has 0 radical (unpaired) electrons. The molecule has 0 aliphatic heterocycles. The van der Waals surface area contributed by atoms with Crippen molar-refractivity contribution in [3.05, 3.63) is 29.1 Å². The average molecular weight is 227 g/mol. The van der Waals surface area contributed by atoms with E-state index >= 15 is 0 Å². The lowest BCUT2D eigenvalue weighted by Gasteiger charge is -2.15. The number of benzene rings is 1. The van der Waals surface area contributed by atoms with E-state index in [0.717, 1.165) is 0 Å². The Balaban J connectivity index is 2.91. The van der Waals surface area contributed by atoms with Gasteiger partial charge in [0.15, 0.2) is 0 Å². The van der Waals surface area contributed by atoms with Crippen LogP contribution in [-0.2, 0) is 4.74 Å². The van der Waals surface area contributed by atoms with Crippen LogP contribution in [0, 0.1) is 12.7 Å². The van der Waals surface area contributed by atoms with Gasteiger partial charge in [-0.3, -0.25) is 0 Å². The van der Waals surface area contributed by atoms with E-state index < -0.39 is 0 Å². The maximum absolute atomic E-state index is 13.4. The predicted molar refractivity (Wildman–Crippen MR) is 61.1 cm³/mol. The monoisotopic (exact) mass is 227 g/mol. The van der Waals surface area contributed by atoms with Gasteiger partial charge in [-0.1, -0.05) is 0 Å². The van der Waals surface area contributed by atoms with Crippen molar-refractivity contribution in [3.8, 4) is 5.75 Å². The van der Waals surface area contributed by atoms with Crippen LogP contribution in [0.15, 0.2) is 12.1 Å². The van der Waals surface area contributed by atoms with E-state index in [1.165, 1.54) is 6.07 Å². The Morgan fingerprint density at radius 2 is 2.06 bits per heavy atom. The van der Waals surface area contributed by atoms with Gasteiger partial charge in [-0.15, -0.1) is 0 Å². The molecule has 0 heterocycles. The molecule has 0 fully saturated rings. The van der Waals surface area contributed by atoms with E-state index in [2.05, 4.69) is 0 Å². The largest absolute Gasteiger partial charge is 0.491 e. The van der Waals surface area contributed by atoms with Crippen molar-refractivity contribution in [1.29, 1.82) is 0 Å². The van der Waals surface area contributed by atoms with Gasteiger partial charge in [0.05, 0.1) is 6.61 Å². The Kier molecular flexibility index (Phi) is 4.71. The molecule has 1 rings (SSSR count). The minimum atomic E-state index is -0.258. The van der Waals surface area contributed by atoms with Gasteiger partial charge in [0.1, 0.15) is 18.2 Å². The molecule has 0 saturated heterocycles. The van der Waals surface area contributed by atoms with Crippen molar-refractivity contribution in [2.24, 2.45) is 5.73 Å². The molecule has 2 N–H and O–H groups in total. The standard InChI is InChI=1S/C12H18FNO2/c1-8-6-12(16-5-4-15-3)10(9(2)14)7-11(8)13/h6-7,9H,4-5,14H2,1-3H3. The highest BCUT2D eigenvalue weighted by atomic mass is 19.1. The number of methoxy groups -OCH3 is 1. The Morgan fingerprint density at radius 3 is 2.62 bits per heavy atom. The van der Waals surface area contributed by atoms with E-state index in [0.29, 0.717) is 30.1 Å². The first kappa shape index (κ1) is 12.9. The molecular formula is C12H18FNO2. The number of nitrogens with two attached hydrogens (primary N) is 1. The van der Waals surface area contributed by atoms with E-state index in [1.807, 2.05) is 0 Å². The van der Waals surface area contributed by atoms with Gasteiger partial charge in [-0.05, 0) is 31.5 Å². The summed E-state index contributed by atoms with van der Waals surface area (Å²) in [6.45, 7) is 4.42. The van der Waals surface area contributed by atoms with Crippen molar-refractivity contribution < 1.29 is 13.9 Å². The number of aryl methyl sites for hydroxylation is 1. The predicted octanol–water partition coefficient (Wildman–Crippen LogP) is 2.18. The highest BCUT2D eigenvalue weighted by Gasteiger charge is 2.11. The van der Waals surface area contributed by atoms with Crippen LogP contribution < -0.4 is 10.5 Å². The molecule has 16 heavy (non-hydrogen) atoms. The van der Waals surface area contributed by atoms with Crippen LogP contribution in [0.2, 0.25) is 0 Å². The molecular weight excluding hydrogens is 209 g/mol. The van der Waals surface area contributed by atoms with Crippen LogP contribution >= 0.6 is 0 Å². The van der Waals surface area contributed by atoms with Gasteiger partial charge in [0.25, 0.3) is 0 Å². The van der Waals surface area contributed by atoms with E-state index in [1.54, 1.807) is 27.0 Å². The molecule has 1 aromatic carbocycles. The molecule has 1 unspecified atom stereocenters. The first-order chi connectivity index (χ1) is 7.56. The Labute approximate surface area is 95.4 Å². The van der Waals surface area contributed by atoms with Gasteiger partial charge in [-0.2, -0.15) is 0 Å². The summed E-state index contributed by atoms with van der Waals surface area (Å²) in [5.74, 6) is 0.373. The van der Waals surface area contributed by atoms with Gasteiger partial charge in [0.2, 0.25) is 0 Å². The summed E-state index contributed by atoms with van der Waals surface area (Å²) < 4.78 is 23.8. The zero-order chi connectivity index (χ0) is 12.1. The molecule has 1 atom stereocenters. The van der Waals surface area contributed by atoms with Crippen molar-refractivity contribution in [3.63, 3.8) is 0 Å². The molecule has 0 bridgehead atoms. The normalized spacial score (nSPS) is 12.6. The van der Waals surface area contributed by atoms with Crippen molar-refractivity contribution >= 4 is 0 Å². The molecule has 0 spiro atoms. The van der Waals surface area contributed by atoms with Crippen molar-refractivity contribution in [1.82, 2.24) is 0 Å². The van der Waals surface area contributed by atoms with Gasteiger partial charge in [0, 0.05) is 18.7 Å². The summed E-state index contributed by atoms with van der Waals surface area (Å²) in [4.78, 5) is 0. The Hall–Kier alpha value is -1.13. The van der Waals surface area contributed by atoms with Crippen LogP contribution in [-0.4, -0.2) is 20.3 Å². The molecule has 4 heteroatoms. The maximum atomic E-state index is 13.4. The molecule has 90 valence electrons. The molecule has 1 aromatic rings. The second-order valence-electron chi connectivity index (χ2n) is 3.77. The molecule has 0 aromatic heterocycles. The summed E-state index contributed by atoms with van der Waals surface area (Å²) in [7, 11) is 1.60. The summed E-state index contributed by atoms with van der Waals surface area (Å²) in [6, 6.07) is 2.85. The highest BCUT2D eigenvalue weighted by molar-refractivity contribution is 5.39. The topological polar surface area (TPSA) is 44.5 Å². The lowest BCUT2D eigenvalue weighted by Crippen LogP contribution is -2.11. The van der Waals surface area contributed by atoms with Gasteiger partial charge in [-0.25, -0.2) is 4.39 Å². The second kappa shape index (κ2) is 5.82. The molecule has 3 nitrogen and oxygen atoms in total. The summed E-state index contributed by atoms with van der Waals surface area (Å²) in [5, 5.41) is 0. The summed E-state index contributed by atoms with van der Waals surface area (Å²) >= 11 is 0. The first-order valence-corrected chi connectivity index (χ1v) is 5.23. The van der Waals surface area contributed by atoms with Crippen LogP contribution in [0.25, 0.3) is 0 Å². The molecule has 0 amide bonds.